The topological polar surface area (TPSA) is 94.6 Å². The molecule has 0 saturated carbocycles. The van der Waals surface area contributed by atoms with E-state index in [1.54, 1.807) is 36.4 Å². The van der Waals surface area contributed by atoms with Crippen molar-refractivity contribution in [3.8, 4) is 0 Å². The standard InChI is InChI=1S/C29H20O6/c1-15-4-6-18(7-5-15)24(31)11-8-19-13-20-14-23(17(3)30)29(33)35-27(20)22-10-9-21-16(2)12-25(32)34-28(21)26(19)22/h4-14H,1-3H3/b11-8+. The fraction of sp³-hybridized carbons (Fsp3) is 0.103. The van der Waals surface area contributed by atoms with Crippen LogP contribution in [0.15, 0.2) is 79.1 Å². The molecule has 3 aromatic carbocycles. The summed E-state index contributed by atoms with van der Waals surface area (Å²) in [4.78, 5) is 49.4. The number of benzene rings is 3. The molecule has 0 saturated heterocycles. The van der Waals surface area contributed by atoms with Crippen molar-refractivity contribution in [2.24, 2.45) is 0 Å². The van der Waals surface area contributed by atoms with Gasteiger partial charge in [-0.1, -0.05) is 42.0 Å². The molecule has 0 aliphatic rings. The molecule has 0 aliphatic carbocycles. The van der Waals surface area contributed by atoms with E-state index in [0.29, 0.717) is 32.9 Å². The molecule has 0 unspecified atom stereocenters. The molecule has 6 heteroatoms. The summed E-state index contributed by atoms with van der Waals surface area (Å²) in [7, 11) is 0. The third-order valence-corrected chi connectivity index (χ3v) is 6.07. The third-order valence-electron chi connectivity index (χ3n) is 6.07. The van der Waals surface area contributed by atoms with Gasteiger partial charge in [-0.05, 0) is 56.2 Å². The van der Waals surface area contributed by atoms with Gasteiger partial charge in [0.15, 0.2) is 11.6 Å². The Labute approximate surface area is 199 Å². The first-order valence-electron chi connectivity index (χ1n) is 11.0. The molecule has 0 spiro atoms. The highest BCUT2D eigenvalue weighted by Gasteiger charge is 2.17. The van der Waals surface area contributed by atoms with Crippen molar-refractivity contribution in [3.63, 3.8) is 0 Å². The fourth-order valence-electron chi connectivity index (χ4n) is 4.26. The van der Waals surface area contributed by atoms with E-state index in [4.69, 9.17) is 8.83 Å². The Morgan fingerprint density at radius 1 is 0.829 bits per heavy atom. The van der Waals surface area contributed by atoms with Crippen LogP contribution in [0.3, 0.4) is 0 Å². The number of allylic oxidation sites excluding steroid dienone is 1. The van der Waals surface area contributed by atoms with Crippen LogP contribution in [0.25, 0.3) is 38.8 Å². The molecule has 5 rings (SSSR count). The Morgan fingerprint density at radius 3 is 2.26 bits per heavy atom. The van der Waals surface area contributed by atoms with Gasteiger partial charge in [0.05, 0.1) is 0 Å². The monoisotopic (exact) mass is 464 g/mol. The smallest absolute Gasteiger partial charge is 0.347 e. The third kappa shape index (κ3) is 3.89. The van der Waals surface area contributed by atoms with Crippen molar-refractivity contribution in [1.29, 1.82) is 0 Å². The van der Waals surface area contributed by atoms with E-state index >= 15 is 0 Å². The van der Waals surface area contributed by atoms with Gasteiger partial charge in [0, 0.05) is 33.2 Å². The highest BCUT2D eigenvalue weighted by molar-refractivity contribution is 6.18. The van der Waals surface area contributed by atoms with Crippen molar-refractivity contribution < 1.29 is 18.4 Å². The number of Topliss-reactive ketones (excluding diaryl/α,β-unsaturated/α-hetero) is 1. The van der Waals surface area contributed by atoms with Gasteiger partial charge in [0.1, 0.15) is 16.7 Å². The van der Waals surface area contributed by atoms with Gasteiger partial charge in [-0.2, -0.15) is 0 Å². The fourth-order valence-corrected chi connectivity index (χ4v) is 4.26. The number of ketones is 2. The van der Waals surface area contributed by atoms with E-state index in [9.17, 15) is 19.2 Å². The molecule has 0 radical (unpaired) electrons. The zero-order chi connectivity index (χ0) is 24.9. The molecule has 0 N–H and O–H groups in total. The highest BCUT2D eigenvalue weighted by Crippen LogP contribution is 2.35. The lowest BCUT2D eigenvalue weighted by Crippen LogP contribution is -2.11. The molecule has 0 aliphatic heterocycles. The van der Waals surface area contributed by atoms with Gasteiger partial charge < -0.3 is 8.83 Å². The molecule has 0 atom stereocenters. The summed E-state index contributed by atoms with van der Waals surface area (Å²) >= 11 is 0. The maximum absolute atomic E-state index is 12.8. The van der Waals surface area contributed by atoms with Crippen LogP contribution in [0, 0.1) is 13.8 Å². The summed E-state index contributed by atoms with van der Waals surface area (Å²) in [5.41, 5.74) is 2.17. The van der Waals surface area contributed by atoms with Crippen LogP contribution in [0.5, 0.6) is 0 Å². The lowest BCUT2D eigenvalue weighted by atomic mass is 9.96. The van der Waals surface area contributed by atoms with E-state index in [1.165, 1.54) is 25.1 Å². The number of carbonyl (C=O) groups excluding carboxylic acids is 2. The normalized spacial score (nSPS) is 11.6. The molecule has 6 nitrogen and oxygen atoms in total. The summed E-state index contributed by atoms with van der Waals surface area (Å²) in [6, 6.07) is 15.4. The minimum Gasteiger partial charge on any atom is -0.422 e. The van der Waals surface area contributed by atoms with Crippen molar-refractivity contribution >= 4 is 50.4 Å². The first kappa shape index (κ1) is 22.2. The SMILES string of the molecule is CC(=O)c1cc2cc(/C=C/C(=O)c3ccc(C)cc3)c3c(ccc4c(C)cc(=O)oc43)c2oc1=O. The van der Waals surface area contributed by atoms with E-state index in [-0.39, 0.29) is 16.9 Å². The number of hydrogen-bond donors (Lipinski definition) is 0. The number of aryl methyl sites for hydroxylation is 2. The first-order valence-corrected chi connectivity index (χ1v) is 11.0. The quantitative estimate of drug-likeness (QED) is 0.145. The van der Waals surface area contributed by atoms with E-state index in [1.807, 2.05) is 26.0 Å². The number of rotatable bonds is 4. The second-order valence-electron chi connectivity index (χ2n) is 8.56. The minimum absolute atomic E-state index is 0.0642. The average Bonchev–Trinajstić information content (AvgIpc) is 2.82. The second kappa shape index (κ2) is 8.33. The van der Waals surface area contributed by atoms with Crippen molar-refractivity contribution in [1.82, 2.24) is 0 Å². The maximum Gasteiger partial charge on any atom is 0.347 e. The Balaban J connectivity index is 1.84. The largest absolute Gasteiger partial charge is 0.422 e. The number of carbonyl (C=O) groups is 2. The Morgan fingerprint density at radius 2 is 1.54 bits per heavy atom. The summed E-state index contributed by atoms with van der Waals surface area (Å²) in [6.45, 7) is 5.05. The molecular weight excluding hydrogens is 444 g/mol. The van der Waals surface area contributed by atoms with Gasteiger partial charge in [-0.15, -0.1) is 0 Å². The van der Waals surface area contributed by atoms with Crippen LogP contribution < -0.4 is 11.3 Å². The van der Waals surface area contributed by atoms with E-state index < -0.39 is 17.0 Å². The zero-order valence-electron chi connectivity index (χ0n) is 19.3. The Kier molecular flexibility index (Phi) is 5.29. The van der Waals surface area contributed by atoms with Crippen molar-refractivity contribution in [3.05, 3.63) is 109 Å². The molecule has 0 fully saturated rings. The molecule has 0 amide bonds. The molecular formula is C29H20O6. The minimum atomic E-state index is -0.741. The van der Waals surface area contributed by atoms with Gasteiger partial charge in [0.2, 0.25) is 0 Å². The zero-order valence-corrected chi connectivity index (χ0v) is 19.3. The maximum atomic E-state index is 12.8. The summed E-state index contributed by atoms with van der Waals surface area (Å²) < 4.78 is 11.1. The average molecular weight is 464 g/mol. The summed E-state index contributed by atoms with van der Waals surface area (Å²) in [6.07, 6.45) is 3.09. The van der Waals surface area contributed by atoms with Crippen LogP contribution in [0.2, 0.25) is 0 Å². The van der Waals surface area contributed by atoms with Crippen molar-refractivity contribution in [2.45, 2.75) is 20.8 Å². The van der Waals surface area contributed by atoms with Crippen LogP contribution in [-0.4, -0.2) is 11.6 Å². The van der Waals surface area contributed by atoms with Gasteiger partial charge in [-0.25, -0.2) is 9.59 Å². The first-order chi connectivity index (χ1) is 16.7. The van der Waals surface area contributed by atoms with Gasteiger partial charge in [-0.3, -0.25) is 9.59 Å². The molecule has 2 heterocycles. The predicted molar refractivity (Wildman–Crippen MR) is 135 cm³/mol. The van der Waals surface area contributed by atoms with Crippen LogP contribution in [0.1, 0.15) is 44.3 Å². The molecule has 5 aromatic rings. The van der Waals surface area contributed by atoms with Gasteiger partial charge >= 0.3 is 11.3 Å². The highest BCUT2D eigenvalue weighted by atomic mass is 16.4. The lowest BCUT2D eigenvalue weighted by Gasteiger charge is -2.11. The lowest BCUT2D eigenvalue weighted by molar-refractivity contribution is 0.101. The predicted octanol–water partition coefficient (Wildman–Crippen LogP) is 5.77. The Bertz CT molecular complexity index is 1830. The summed E-state index contributed by atoms with van der Waals surface area (Å²) in [5.74, 6) is -0.604. The van der Waals surface area contributed by atoms with Gasteiger partial charge in [0.25, 0.3) is 0 Å². The number of fused-ring (bicyclic) bond motifs is 5. The van der Waals surface area contributed by atoms with Crippen LogP contribution in [0.4, 0.5) is 0 Å². The Hall–Kier alpha value is -4.58. The number of hydrogen-bond acceptors (Lipinski definition) is 6. The van der Waals surface area contributed by atoms with E-state index in [2.05, 4.69) is 0 Å². The second-order valence-corrected chi connectivity index (χ2v) is 8.56. The van der Waals surface area contributed by atoms with Crippen LogP contribution in [-0.2, 0) is 0 Å². The molecule has 172 valence electrons. The molecule has 0 bridgehead atoms. The van der Waals surface area contributed by atoms with Crippen molar-refractivity contribution in [2.75, 3.05) is 0 Å². The summed E-state index contributed by atoms with van der Waals surface area (Å²) in [5, 5.41) is 2.29. The molecule has 35 heavy (non-hydrogen) atoms. The van der Waals surface area contributed by atoms with Crippen LogP contribution >= 0.6 is 0 Å². The van der Waals surface area contributed by atoms with E-state index in [0.717, 1.165) is 16.5 Å². The molecule has 2 aromatic heterocycles.